The van der Waals surface area contributed by atoms with E-state index in [-0.39, 0.29) is 31.0 Å². The number of carboxylic acid groups (broad SMARTS) is 1. The molecule has 40 heavy (non-hydrogen) atoms. The number of carbonyl (C=O) groups is 2. The molecule has 2 amide bonds. The fourth-order valence-corrected chi connectivity index (χ4v) is 5.11. The van der Waals surface area contributed by atoms with Crippen molar-refractivity contribution >= 4 is 35.2 Å². The Morgan fingerprint density at radius 2 is 1.73 bits per heavy atom. The molecule has 1 heterocycles. The predicted octanol–water partition coefficient (Wildman–Crippen LogP) is 4.47. The highest BCUT2D eigenvalue weighted by atomic mass is 35.5. The molecule has 2 atom stereocenters. The van der Waals surface area contributed by atoms with Crippen molar-refractivity contribution in [3.63, 3.8) is 0 Å². The van der Waals surface area contributed by atoms with Crippen LogP contribution in [-0.2, 0) is 25.4 Å². The number of hydrogen-bond donors (Lipinski definition) is 1. The molecular formula is C29H39Cl2N3O6. The molecule has 2 aromatic carbocycles. The van der Waals surface area contributed by atoms with Gasteiger partial charge >= 0.3 is 6.09 Å². The van der Waals surface area contributed by atoms with Gasteiger partial charge in [0.05, 0.1) is 55.5 Å². The highest BCUT2D eigenvalue weighted by Crippen LogP contribution is 2.27. The number of amides is 2. The third-order valence-electron chi connectivity index (χ3n) is 7.03. The summed E-state index contributed by atoms with van der Waals surface area (Å²) in [6.07, 6.45) is -0.0429. The van der Waals surface area contributed by atoms with E-state index in [0.29, 0.717) is 56.2 Å². The Balaban J connectivity index is 1.58. The van der Waals surface area contributed by atoms with Gasteiger partial charge in [0, 0.05) is 46.4 Å². The molecule has 0 spiro atoms. The fraction of sp³-hybridized carbons (Fsp3) is 0.517. The molecule has 1 N–H and O–H groups in total. The highest BCUT2D eigenvalue weighted by Gasteiger charge is 2.33. The van der Waals surface area contributed by atoms with E-state index in [4.69, 9.17) is 37.4 Å². The van der Waals surface area contributed by atoms with Crippen LogP contribution in [0.4, 0.5) is 4.79 Å². The standard InChI is InChI=1S/C29H39Cl2N3O6/c1-32(28(35)19-22-8-9-25(30)26(31)18-22)27(23-6-4-3-5-7-23)21-33-11-10-24(20-33)34(29(36)37)12-13-39-16-17-40-15-14-38-2/h3-9,18,24,27H,10-17,19-21H2,1-2H3,(H,36,37)/t24-,27+/m0/s1. The Morgan fingerprint density at radius 3 is 2.40 bits per heavy atom. The van der Waals surface area contributed by atoms with Crippen LogP contribution in [0.25, 0.3) is 0 Å². The molecule has 1 aliphatic rings. The summed E-state index contributed by atoms with van der Waals surface area (Å²) in [7, 11) is 3.43. The number of likely N-dealkylation sites (N-methyl/N-ethyl adjacent to an activating group) is 1. The third-order valence-corrected chi connectivity index (χ3v) is 7.77. The number of benzene rings is 2. The zero-order valence-corrected chi connectivity index (χ0v) is 24.6. The summed E-state index contributed by atoms with van der Waals surface area (Å²) in [5.41, 5.74) is 1.81. The van der Waals surface area contributed by atoms with Crippen molar-refractivity contribution in [1.29, 1.82) is 0 Å². The van der Waals surface area contributed by atoms with E-state index in [1.54, 1.807) is 30.2 Å². The van der Waals surface area contributed by atoms with Crippen LogP contribution in [-0.4, -0.2) is 111 Å². The first-order valence-corrected chi connectivity index (χ1v) is 14.2. The first kappa shape index (κ1) is 32.1. The Hall–Kier alpha value is -2.40. The summed E-state index contributed by atoms with van der Waals surface area (Å²) in [5.74, 6) is -0.0431. The smallest absolute Gasteiger partial charge is 0.407 e. The van der Waals surface area contributed by atoms with Gasteiger partial charge in [-0.2, -0.15) is 0 Å². The van der Waals surface area contributed by atoms with Gasteiger partial charge in [-0.05, 0) is 29.7 Å². The fourth-order valence-electron chi connectivity index (χ4n) is 4.79. The van der Waals surface area contributed by atoms with Gasteiger partial charge in [-0.3, -0.25) is 9.69 Å². The number of carbonyl (C=O) groups excluding carboxylic acids is 1. The van der Waals surface area contributed by atoms with Crippen LogP contribution in [0, 0.1) is 0 Å². The summed E-state index contributed by atoms with van der Waals surface area (Å²) in [4.78, 5) is 30.8. The summed E-state index contributed by atoms with van der Waals surface area (Å²) in [5, 5.41) is 10.7. The maximum atomic E-state index is 13.3. The molecule has 3 rings (SSSR count). The lowest BCUT2D eigenvalue weighted by atomic mass is 10.0. The first-order valence-electron chi connectivity index (χ1n) is 13.4. The van der Waals surface area contributed by atoms with Gasteiger partial charge in [0.25, 0.3) is 0 Å². The minimum atomic E-state index is -0.958. The van der Waals surface area contributed by atoms with Gasteiger partial charge in [-0.15, -0.1) is 0 Å². The number of likely N-dealkylation sites (tertiary alicyclic amines) is 1. The number of rotatable bonds is 16. The van der Waals surface area contributed by atoms with Gasteiger partial charge in [0.15, 0.2) is 0 Å². The maximum absolute atomic E-state index is 13.3. The second kappa shape index (κ2) is 16.8. The lowest BCUT2D eigenvalue weighted by molar-refractivity contribution is -0.131. The lowest BCUT2D eigenvalue weighted by Crippen LogP contribution is -2.44. The third kappa shape index (κ3) is 9.90. The molecule has 220 valence electrons. The van der Waals surface area contributed by atoms with Crippen molar-refractivity contribution in [1.82, 2.24) is 14.7 Å². The molecule has 2 aromatic rings. The number of nitrogens with zero attached hydrogens (tertiary/aromatic N) is 3. The zero-order valence-electron chi connectivity index (χ0n) is 23.1. The zero-order chi connectivity index (χ0) is 28.9. The monoisotopic (exact) mass is 595 g/mol. The largest absolute Gasteiger partial charge is 0.465 e. The summed E-state index contributed by atoms with van der Waals surface area (Å²) in [6, 6.07) is 14.8. The molecule has 1 aliphatic heterocycles. The van der Waals surface area contributed by atoms with Crippen molar-refractivity contribution in [3.05, 3.63) is 69.7 Å². The van der Waals surface area contributed by atoms with Crippen LogP contribution < -0.4 is 0 Å². The Bertz CT molecular complexity index is 1080. The summed E-state index contributed by atoms with van der Waals surface area (Å²) >= 11 is 12.2. The van der Waals surface area contributed by atoms with E-state index in [2.05, 4.69) is 4.90 Å². The van der Waals surface area contributed by atoms with Gasteiger partial charge in [0.2, 0.25) is 5.91 Å². The number of methoxy groups -OCH3 is 1. The molecule has 1 fully saturated rings. The van der Waals surface area contributed by atoms with Crippen LogP contribution in [0.1, 0.15) is 23.6 Å². The lowest BCUT2D eigenvalue weighted by Gasteiger charge is -2.33. The van der Waals surface area contributed by atoms with Gasteiger partial charge in [-0.25, -0.2) is 4.79 Å². The number of hydrogen-bond acceptors (Lipinski definition) is 6. The van der Waals surface area contributed by atoms with E-state index in [1.807, 2.05) is 37.4 Å². The van der Waals surface area contributed by atoms with Gasteiger partial charge < -0.3 is 29.1 Å². The average Bonchev–Trinajstić information content (AvgIpc) is 3.41. The Kier molecular flexibility index (Phi) is 13.5. The van der Waals surface area contributed by atoms with Crippen molar-refractivity contribution in [3.8, 4) is 0 Å². The number of ether oxygens (including phenoxy) is 3. The van der Waals surface area contributed by atoms with E-state index in [1.165, 1.54) is 4.90 Å². The quantitative estimate of drug-likeness (QED) is 0.286. The van der Waals surface area contributed by atoms with E-state index < -0.39 is 6.09 Å². The molecule has 0 unspecified atom stereocenters. The topological polar surface area (TPSA) is 91.8 Å². The van der Waals surface area contributed by atoms with Gasteiger partial charge in [0.1, 0.15) is 0 Å². The van der Waals surface area contributed by atoms with E-state index >= 15 is 0 Å². The van der Waals surface area contributed by atoms with Crippen LogP contribution in [0.3, 0.4) is 0 Å². The number of halogens is 2. The minimum Gasteiger partial charge on any atom is -0.465 e. The van der Waals surface area contributed by atoms with Crippen molar-refractivity contribution in [2.45, 2.75) is 24.9 Å². The molecule has 0 aromatic heterocycles. The van der Waals surface area contributed by atoms with Crippen LogP contribution in [0.5, 0.6) is 0 Å². The maximum Gasteiger partial charge on any atom is 0.407 e. The minimum absolute atomic E-state index is 0.0431. The van der Waals surface area contributed by atoms with Crippen molar-refractivity contribution in [2.75, 3.05) is 73.4 Å². The second-order valence-corrected chi connectivity index (χ2v) is 10.6. The highest BCUT2D eigenvalue weighted by molar-refractivity contribution is 6.42. The van der Waals surface area contributed by atoms with Crippen LogP contribution in [0.15, 0.2) is 48.5 Å². The van der Waals surface area contributed by atoms with Crippen LogP contribution in [0.2, 0.25) is 10.0 Å². The van der Waals surface area contributed by atoms with E-state index in [9.17, 15) is 14.7 Å². The Morgan fingerprint density at radius 1 is 1.02 bits per heavy atom. The normalized spacial score (nSPS) is 16.1. The van der Waals surface area contributed by atoms with Gasteiger partial charge in [-0.1, -0.05) is 59.6 Å². The Labute approximate surface area is 246 Å². The average molecular weight is 597 g/mol. The molecule has 0 bridgehead atoms. The van der Waals surface area contributed by atoms with Crippen LogP contribution >= 0.6 is 23.2 Å². The molecule has 9 nitrogen and oxygen atoms in total. The molecular weight excluding hydrogens is 557 g/mol. The first-order chi connectivity index (χ1) is 19.3. The summed E-state index contributed by atoms with van der Waals surface area (Å²) in [6.45, 7) is 4.36. The molecule has 11 heteroatoms. The predicted molar refractivity (Wildman–Crippen MR) is 155 cm³/mol. The molecule has 0 radical (unpaired) electrons. The molecule has 1 saturated heterocycles. The van der Waals surface area contributed by atoms with Crippen molar-refractivity contribution in [2.24, 2.45) is 0 Å². The second-order valence-electron chi connectivity index (χ2n) is 9.75. The van der Waals surface area contributed by atoms with Crippen molar-refractivity contribution < 1.29 is 28.9 Å². The molecule has 0 aliphatic carbocycles. The summed E-state index contributed by atoms with van der Waals surface area (Å²) < 4.78 is 15.9. The molecule has 0 saturated carbocycles. The van der Waals surface area contributed by atoms with E-state index in [0.717, 1.165) is 24.1 Å². The SMILES string of the molecule is COCCOCCOCCN(C(=O)O)[C@H]1CCN(C[C@H](c2ccccc2)N(C)C(=O)Cc2ccc(Cl)c(Cl)c2)C1.